The third-order valence-electron chi connectivity index (χ3n) is 6.01. The average Bonchev–Trinajstić information content (AvgIpc) is 3.46. The van der Waals surface area contributed by atoms with Crippen LogP contribution in [0.25, 0.3) is 5.76 Å². The zero-order valence-electron chi connectivity index (χ0n) is 18.4. The maximum Gasteiger partial charge on any atom is 0.409 e. The van der Waals surface area contributed by atoms with Gasteiger partial charge < -0.3 is 19.6 Å². The molecule has 1 aromatic carbocycles. The first kappa shape index (κ1) is 23.4. The lowest BCUT2D eigenvalue weighted by molar-refractivity contribution is -0.384. The highest BCUT2D eigenvalue weighted by Gasteiger charge is 2.49. The number of carbonyl (C=O) groups excluding carboxylic acids is 3. The molecule has 0 spiro atoms. The van der Waals surface area contributed by atoms with E-state index in [1.165, 1.54) is 40.5 Å². The van der Waals surface area contributed by atoms with Gasteiger partial charge in [-0.05, 0) is 31.2 Å². The highest BCUT2D eigenvalue weighted by Crippen LogP contribution is 2.43. The lowest BCUT2D eigenvalue weighted by atomic mass is 9.97. The van der Waals surface area contributed by atoms with Crippen molar-refractivity contribution in [3.8, 4) is 0 Å². The first-order chi connectivity index (χ1) is 16.3. The molecule has 0 bridgehead atoms. The fraction of sp³-hybridized carbons (Fsp3) is 0.348. The number of hydrogen-bond donors (Lipinski definition) is 1. The van der Waals surface area contributed by atoms with E-state index in [-0.39, 0.29) is 29.5 Å². The number of amides is 2. The van der Waals surface area contributed by atoms with Gasteiger partial charge in [0, 0.05) is 41.7 Å². The fourth-order valence-electron chi connectivity index (χ4n) is 4.42. The van der Waals surface area contributed by atoms with E-state index in [4.69, 9.17) is 4.74 Å². The van der Waals surface area contributed by atoms with Crippen LogP contribution >= 0.6 is 11.3 Å². The highest BCUT2D eigenvalue weighted by atomic mass is 32.1. The Morgan fingerprint density at radius 2 is 1.97 bits per heavy atom. The third kappa shape index (κ3) is 4.26. The summed E-state index contributed by atoms with van der Waals surface area (Å²) in [5.41, 5.74) is -0.246. The van der Waals surface area contributed by atoms with Crippen molar-refractivity contribution in [1.29, 1.82) is 0 Å². The molecule has 4 rings (SSSR count). The lowest BCUT2D eigenvalue weighted by Crippen LogP contribution is -2.48. The largest absolute Gasteiger partial charge is 0.507 e. The fourth-order valence-corrected chi connectivity index (χ4v) is 5.25. The van der Waals surface area contributed by atoms with E-state index >= 15 is 0 Å². The molecule has 1 unspecified atom stereocenters. The third-order valence-corrected chi connectivity index (χ3v) is 6.93. The molecule has 2 fully saturated rings. The summed E-state index contributed by atoms with van der Waals surface area (Å²) in [6.45, 7) is 2.74. The molecule has 1 N–H and O–H groups in total. The Morgan fingerprint density at radius 3 is 2.59 bits per heavy atom. The van der Waals surface area contributed by atoms with E-state index in [0.29, 0.717) is 30.8 Å². The Labute approximate surface area is 199 Å². The van der Waals surface area contributed by atoms with Crippen LogP contribution in [0.4, 0.5) is 10.5 Å². The molecule has 2 aliphatic rings. The number of ketones is 1. The molecule has 0 saturated carbocycles. The van der Waals surface area contributed by atoms with Crippen molar-refractivity contribution in [2.75, 3.05) is 19.7 Å². The quantitative estimate of drug-likeness (QED) is 0.225. The number of aliphatic hydroxyl groups is 1. The minimum atomic E-state index is -0.838. The number of nitrogens with zero attached hydrogens (tertiary/aromatic N) is 3. The van der Waals surface area contributed by atoms with Crippen molar-refractivity contribution in [2.45, 2.75) is 31.8 Å². The number of Topliss-reactive ketones (excluding diaryl/α,β-unsaturated/α-hetero) is 1. The molecule has 2 aromatic rings. The molecule has 2 amide bonds. The zero-order chi connectivity index (χ0) is 24.4. The van der Waals surface area contributed by atoms with Crippen LogP contribution in [-0.2, 0) is 14.3 Å². The standard InChI is InChI=1S/C23H23N3O7S/c1-2-33-23(30)24-10-8-15(9-11-24)25-19(17-7-4-12-34-17)18(21(28)22(25)29)20(27)14-5-3-6-16(13-14)26(31)32/h3-7,12-13,15,19,27H,2,8-11H2,1H3/b20-18-. The van der Waals surface area contributed by atoms with Crippen molar-refractivity contribution in [3.05, 3.63) is 67.9 Å². The van der Waals surface area contributed by atoms with E-state index in [9.17, 15) is 29.6 Å². The van der Waals surface area contributed by atoms with Gasteiger partial charge in [0.05, 0.1) is 23.1 Å². The number of non-ortho nitro benzene ring substituents is 1. The molecule has 0 aliphatic carbocycles. The van der Waals surface area contributed by atoms with Crippen LogP contribution in [0.2, 0.25) is 0 Å². The Hall–Kier alpha value is -3.73. The second-order valence-electron chi connectivity index (χ2n) is 7.95. The minimum absolute atomic E-state index is 0.0888. The second-order valence-corrected chi connectivity index (χ2v) is 8.93. The van der Waals surface area contributed by atoms with Gasteiger partial charge in [-0.15, -0.1) is 11.3 Å². The van der Waals surface area contributed by atoms with Gasteiger partial charge in [0.25, 0.3) is 17.4 Å². The van der Waals surface area contributed by atoms with Crippen LogP contribution in [0.3, 0.4) is 0 Å². The molecule has 2 aliphatic heterocycles. The zero-order valence-corrected chi connectivity index (χ0v) is 19.2. The van der Waals surface area contributed by atoms with E-state index in [2.05, 4.69) is 0 Å². The Morgan fingerprint density at radius 1 is 1.24 bits per heavy atom. The number of hydrogen-bond acceptors (Lipinski definition) is 8. The Balaban J connectivity index is 1.71. The van der Waals surface area contributed by atoms with Crippen molar-refractivity contribution in [3.63, 3.8) is 0 Å². The number of piperidine rings is 1. The Kier molecular flexibility index (Phi) is 6.64. The molecule has 1 atom stereocenters. The number of nitro groups is 1. The van der Waals surface area contributed by atoms with E-state index < -0.39 is 34.5 Å². The summed E-state index contributed by atoms with van der Waals surface area (Å²) in [7, 11) is 0. The van der Waals surface area contributed by atoms with Crippen LogP contribution in [0, 0.1) is 10.1 Å². The topological polar surface area (TPSA) is 130 Å². The van der Waals surface area contributed by atoms with Crippen molar-refractivity contribution in [2.24, 2.45) is 0 Å². The summed E-state index contributed by atoms with van der Waals surface area (Å²) in [6, 6.07) is 7.74. The van der Waals surface area contributed by atoms with Gasteiger partial charge in [-0.25, -0.2) is 4.79 Å². The summed E-state index contributed by atoms with van der Waals surface area (Å²) in [5, 5.41) is 24.1. The van der Waals surface area contributed by atoms with E-state index in [1.807, 2.05) is 5.38 Å². The summed E-state index contributed by atoms with van der Waals surface area (Å²) >= 11 is 1.34. The lowest BCUT2D eigenvalue weighted by Gasteiger charge is -2.38. The van der Waals surface area contributed by atoms with Crippen molar-refractivity contribution < 1.29 is 29.2 Å². The van der Waals surface area contributed by atoms with Gasteiger partial charge in [0.1, 0.15) is 5.76 Å². The van der Waals surface area contributed by atoms with Crippen LogP contribution in [-0.4, -0.2) is 63.4 Å². The molecule has 3 heterocycles. The summed E-state index contributed by atoms with van der Waals surface area (Å²) < 4.78 is 5.05. The Bertz CT molecular complexity index is 1150. The van der Waals surface area contributed by atoms with Crippen LogP contribution < -0.4 is 0 Å². The predicted octanol–water partition coefficient (Wildman–Crippen LogP) is 3.70. The SMILES string of the molecule is CCOC(=O)N1CCC(N2C(=O)C(=O)/C(=C(\O)c3cccc([N+](=O)[O-])c3)C2c2cccs2)CC1. The predicted molar refractivity (Wildman–Crippen MR) is 123 cm³/mol. The molecule has 34 heavy (non-hydrogen) atoms. The molecule has 1 aromatic heterocycles. The van der Waals surface area contributed by atoms with Gasteiger partial charge in [0.2, 0.25) is 0 Å². The molecular formula is C23H23N3O7S. The van der Waals surface area contributed by atoms with Crippen LogP contribution in [0.5, 0.6) is 0 Å². The first-order valence-corrected chi connectivity index (χ1v) is 11.7. The van der Waals surface area contributed by atoms with Gasteiger partial charge in [-0.3, -0.25) is 19.7 Å². The van der Waals surface area contributed by atoms with Gasteiger partial charge in [-0.2, -0.15) is 0 Å². The van der Waals surface area contributed by atoms with Crippen LogP contribution in [0.15, 0.2) is 47.4 Å². The molecular weight excluding hydrogens is 462 g/mol. The number of aliphatic hydroxyl groups excluding tert-OH is 1. The number of nitro benzene ring substituents is 1. The minimum Gasteiger partial charge on any atom is -0.507 e. The monoisotopic (exact) mass is 485 g/mol. The number of benzene rings is 1. The van der Waals surface area contributed by atoms with Crippen molar-refractivity contribution in [1.82, 2.24) is 9.80 Å². The number of ether oxygens (including phenoxy) is 1. The maximum atomic E-state index is 13.2. The second kappa shape index (κ2) is 9.64. The summed E-state index contributed by atoms with van der Waals surface area (Å²) in [6.07, 6.45) is 0.484. The van der Waals surface area contributed by atoms with E-state index in [0.717, 1.165) is 0 Å². The molecule has 0 radical (unpaired) electrons. The molecule has 10 nitrogen and oxygen atoms in total. The molecule has 11 heteroatoms. The normalized spacial score (nSPS) is 20.6. The molecule has 2 saturated heterocycles. The number of thiophene rings is 1. The average molecular weight is 486 g/mol. The first-order valence-electron chi connectivity index (χ1n) is 10.8. The van der Waals surface area contributed by atoms with Gasteiger partial charge in [-0.1, -0.05) is 18.2 Å². The van der Waals surface area contributed by atoms with Crippen molar-refractivity contribution >= 4 is 40.6 Å². The van der Waals surface area contributed by atoms with Gasteiger partial charge in [0.15, 0.2) is 0 Å². The van der Waals surface area contributed by atoms with E-state index in [1.54, 1.807) is 24.0 Å². The number of rotatable bonds is 5. The van der Waals surface area contributed by atoms with Crippen LogP contribution in [0.1, 0.15) is 36.2 Å². The number of likely N-dealkylation sites (tertiary alicyclic amines) is 2. The number of carbonyl (C=O) groups is 3. The smallest absolute Gasteiger partial charge is 0.409 e. The highest BCUT2D eigenvalue weighted by molar-refractivity contribution is 7.10. The maximum absolute atomic E-state index is 13.2. The molecule has 178 valence electrons. The summed E-state index contributed by atoms with van der Waals surface area (Å²) in [5.74, 6) is -2.03. The summed E-state index contributed by atoms with van der Waals surface area (Å²) in [4.78, 5) is 52.7. The van der Waals surface area contributed by atoms with Gasteiger partial charge >= 0.3 is 6.09 Å².